The van der Waals surface area contributed by atoms with E-state index in [2.05, 4.69) is 15.4 Å². The molecule has 1 amide bonds. The SMILES string of the molecule is Cn1ccc(NC(=O)c2cc(Cl)ncc2Cl)n1. The Morgan fingerprint density at radius 3 is 2.88 bits per heavy atom. The summed E-state index contributed by atoms with van der Waals surface area (Å²) in [7, 11) is 1.76. The smallest absolute Gasteiger partial charge is 0.258 e. The lowest BCUT2D eigenvalue weighted by Crippen LogP contribution is -2.13. The zero-order valence-corrected chi connectivity index (χ0v) is 10.3. The van der Waals surface area contributed by atoms with E-state index in [4.69, 9.17) is 23.2 Å². The number of amides is 1. The molecular formula is C10H8Cl2N4O. The van der Waals surface area contributed by atoms with Gasteiger partial charge in [0.1, 0.15) is 5.15 Å². The average molecular weight is 271 g/mol. The van der Waals surface area contributed by atoms with Gasteiger partial charge in [-0.1, -0.05) is 23.2 Å². The molecule has 88 valence electrons. The highest BCUT2D eigenvalue weighted by molar-refractivity contribution is 6.35. The van der Waals surface area contributed by atoms with Crippen LogP contribution in [0.2, 0.25) is 10.2 Å². The fraction of sp³-hybridized carbons (Fsp3) is 0.100. The first-order valence-corrected chi connectivity index (χ1v) is 5.44. The quantitative estimate of drug-likeness (QED) is 0.853. The fourth-order valence-corrected chi connectivity index (χ4v) is 1.60. The van der Waals surface area contributed by atoms with Crippen LogP contribution >= 0.6 is 23.2 Å². The molecule has 0 saturated heterocycles. The highest BCUT2D eigenvalue weighted by atomic mass is 35.5. The van der Waals surface area contributed by atoms with Crippen molar-refractivity contribution in [3.63, 3.8) is 0 Å². The number of hydrogen-bond acceptors (Lipinski definition) is 3. The van der Waals surface area contributed by atoms with Crippen LogP contribution in [0.1, 0.15) is 10.4 Å². The molecule has 2 aromatic rings. The molecule has 0 saturated carbocycles. The maximum absolute atomic E-state index is 11.9. The van der Waals surface area contributed by atoms with E-state index >= 15 is 0 Å². The Morgan fingerprint density at radius 1 is 1.47 bits per heavy atom. The molecule has 0 aromatic carbocycles. The van der Waals surface area contributed by atoms with Crippen molar-refractivity contribution in [1.82, 2.24) is 14.8 Å². The molecule has 2 aromatic heterocycles. The number of carbonyl (C=O) groups is 1. The summed E-state index contributed by atoms with van der Waals surface area (Å²) in [4.78, 5) is 15.6. The van der Waals surface area contributed by atoms with Crippen LogP contribution in [0.15, 0.2) is 24.5 Å². The van der Waals surface area contributed by atoms with E-state index in [9.17, 15) is 4.79 Å². The normalized spacial score (nSPS) is 10.3. The maximum Gasteiger partial charge on any atom is 0.258 e. The van der Waals surface area contributed by atoms with Crippen molar-refractivity contribution in [3.8, 4) is 0 Å². The number of nitrogens with one attached hydrogen (secondary N) is 1. The van der Waals surface area contributed by atoms with Crippen LogP contribution in [0.25, 0.3) is 0 Å². The summed E-state index contributed by atoms with van der Waals surface area (Å²) in [5.41, 5.74) is 0.261. The number of carbonyl (C=O) groups excluding carboxylic acids is 1. The van der Waals surface area contributed by atoms with Gasteiger partial charge in [-0.2, -0.15) is 5.10 Å². The molecular weight excluding hydrogens is 263 g/mol. The molecule has 2 heterocycles. The van der Waals surface area contributed by atoms with E-state index in [-0.39, 0.29) is 21.6 Å². The summed E-state index contributed by atoms with van der Waals surface area (Å²) in [6.45, 7) is 0. The Hall–Kier alpha value is -1.59. The molecule has 0 spiro atoms. The summed E-state index contributed by atoms with van der Waals surface area (Å²) in [5, 5.41) is 7.07. The van der Waals surface area contributed by atoms with Crippen molar-refractivity contribution < 1.29 is 4.79 Å². The van der Waals surface area contributed by atoms with E-state index in [1.165, 1.54) is 12.3 Å². The number of anilines is 1. The predicted octanol–water partition coefficient (Wildman–Crippen LogP) is 2.37. The zero-order valence-electron chi connectivity index (χ0n) is 8.82. The van der Waals surface area contributed by atoms with Gasteiger partial charge in [0, 0.05) is 25.5 Å². The van der Waals surface area contributed by atoms with Gasteiger partial charge in [-0.25, -0.2) is 4.98 Å². The third-order valence-corrected chi connectivity index (χ3v) is 2.53. The van der Waals surface area contributed by atoms with Gasteiger partial charge in [0.2, 0.25) is 0 Å². The first-order chi connectivity index (χ1) is 8.06. The molecule has 0 aliphatic carbocycles. The molecule has 0 bridgehead atoms. The van der Waals surface area contributed by atoms with E-state index in [0.717, 1.165) is 0 Å². The Labute approximate surface area is 107 Å². The average Bonchev–Trinajstić information content (AvgIpc) is 2.67. The number of nitrogens with zero attached hydrogens (tertiary/aromatic N) is 3. The number of aromatic nitrogens is 3. The van der Waals surface area contributed by atoms with Gasteiger partial charge in [-0.3, -0.25) is 9.48 Å². The van der Waals surface area contributed by atoms with Gasteiger partial charge in [-0.05, 0) is 6.07 Å². The molecule has 2 rings (SSSR count). The standard InChI is InChI=1S/C10H8Cl2N4O/c1-16-3-2-9(15-16)14-10(17)6-4-8(12)13-5-7(6)11/h2-5H,1H3,(H,14,15,17). The van der Waals surface area contributed by atoms with Crippen LogP contribution in [0.5, 0.6) is 0 Å². The number of rotatable bonds is 2. The van der Waals surface area contributed by atoms with Crippen LogP contribution in [0.3, 0.4) is 0 Å². The first kappa shape index (κ1) is 11.9. The molecule has 7 heteroatoms. The van der Waals surface area contributed by atoms with E-state index < -0.39 is 0 Å². The van der Waals surface area contributed by atoms with Gasteiger partial charge in [0.05, 0.1) is 10.6 Å². The second-order valence-corrected chi connectivity index (χ2v) is 4.11. The Kier molecular flexibility index (Phi) is 3.31. The molecule has 17 heavy (non-hydrogen) atoms. The Bertz CT molecular complexity index is 567. The van der Waals surface area contributed by atoms with Crippen LogP contribution in [-0.4, -0.2) is 20.7 Å². The van der Waals surface area contributed by atoms with Crippen LogP contribution in [0.4, 0.5) is 5.82 Å². The second kappa shape index (κ2) is 4.73. The van der Waals surface area contributed by atoms with E-state index in [1.807, 2.05) is 0 Å². The molecule has 5 nitrogen and oxygen atoms in total. The zero-order chi connectivity index (χ0) is 12.4. The fourth-order valence-electron chi connectivity index (χ4n) is 1.25. The minimum atomic E-state index is -0.377. The third kappa shape index (κ3) is 2.75. The monoisotopic (exact) mass is 270 g/mol. The van der Waals surface area contributed by atoms with Gasteiger partial charge < -0.3 is 5.32 Å². The van der Waals surface area contributed by atoms with Crippen LogP contribution < -0.4 is 5.32 Å². The summed E-state index contributed by atoms with van der Waals surface area (Å²) in [5.74, 6) is 0.0690. The minimum Gasteiger partial charge on any atom is -0.305 e. The summed E-state index contributed by atoms with van der Waals surface area (Å²) < 4.78 is 1.58. The maximum atomic E-state index is 11.9. The summed E-state index contributed by atoms with van der Waals surface area (Å²) >= 11 is 11.6. The number of pyridine rings is 1. The highest BCUT2D eigenvalue weighted by Crippen LogP contribution is 2.19. The predicted molar refractivity (Wildman–Crippen MR) is 65.4 cm³/mol. The molecule has 1 N–H and O–H groups in total. The lowest BCUT2D eigenvalue weighted by atomic mass is 10.2. The van der Waals surface area contributed by atoms with E-state index in [1.54, 1.807) is 24.0 Å². The van der Waals surface area contributed by atoms with Crippen molar-refractivity contribution >= 4 is 34.9 Å². The first-order valence-electron chi connectivity index (χ1n) is 4.68. The second-order valence-electron chi connectivity index (χ2n) is 3.32. The Balaban J connectivity index is 2.22. The lowest BCUT2D eigenvalue weighted by Gasteiger charge is -2.04. The van der Waals surface area contributed by atoms with E-state index in [0.29, 0.717) is 5.82 Å². The number of halogens is 2. The molecule has 0 atom stereocenters. The molecule has 0 unspecified atom stereocenters. The van der Waals surface area contributed by atoms with Crippen molar-refractivity contribution in [2.24, 2.45) is 7.05 Å². The highest BCUT2D eigenvalue weighted by Gasteiger charge is 2.12. The Morgan fingerprint density at radius 2 is 2.24 bits per heavy atom. The minimum absolute atomic E-state index is 0.209. The molecule has 0 fully saturated rings. The van der Waals surface area contributed by atoms with Crippen LogP contribution in [0, 0.1) is 0 Å². The van der Waals surface area contributed by atoms with Gasteiger partial charge in [0.25, 0.3) is 5.91 Å². The number of aryl methyl sites for hydroxylation is 1. The van der Waals surface area contributed by atoms with Crippen molar-refractivity contribution in [3.05, 3.63) is 40.3 Å². The molecule has 0 radical (unpaired) electrons. The summed E-state index contributed by atoms with van der Waals surface area (Å²) in [6.07, 6.45) is 3.05. The summed E-state index contributed by atoms with van der Waals surface area (Å²) in [6, 6.07) is 3.08. The van der Waals surface area contributed by atoms with Gasteiger partial charge >= 0.3 is 0 Å². The molecule has 0 aliphatic heterocycles. The van der Waals surface area contributed by atoms with Crippen molar-refractivity contribution in [2.75, 3.05) is 5.32 Å². The molecule has 0 aliphatic rings. The van der Waals surface area contributed by atoms with Crippen molar-refractivity contribution in [1.29, 1.82) is 0 Å². The van der Waals surface area contributed by atoms with Gasteiger partial charge in [-0.15, -0.1) is 0 Å². The lowest BCUT2D eigenvalue weighted by molar-refractivity contribution is 0.102. The van der Waals surface area contributed by atoms with Crippen LogP contribution in [-0.2, 0) is 7.05 Å². The van der Waals surface area contributed by atoms with Crippen molar-refractivity contribution in [2.45, 2.75) is 0 Å². The third-order valence-electron chi connectivity index (χ3n) is 2.02. The number of hydrogen-bond donors (Lipinski definition) is 1. The van der Waals surface area contributed by atoms with Gasteiger partial charge in [0.15, 0.2) is 5.82 Å². The topological polar surface area (TPSA) is 59.8 Å². The largest absolute Gasteiger partial charge is 0.305 e.